The van der Waals surface area contributed by atoms with Crippen molar-refractivity contribution >= 4 is 23.2 Å². The van der Waals surface area contributed by atoms with Crippen LogP contribution in [0.4, 0.5) is 0 Å². The number of hydrogen-bond donors (Lipinski definition) is 3. The van der Waals surface area contributed by atoms with E-state index in [4.69, 9.17) is 0 Å². The summed E-state index contributed by atoms with van der Waals surface area (Å²) in [5, 5.41) is 13.4. The second kappa shape index (κ2) is 13.8. The van der Waals surface area contributed by atoms with Crippen LogP contribution in [0.2, 0.25) is 0 Å². The number of hydrogen-bond acceptors (Lipinski definition) is 5. The molecule has 168 valence electrons. The monoisotopic (exact) mass is 429 g/mol. The zero-order chi connectivity index (χ0) is 22.6. The molecule has 1 atom stereocenters. The first-order valence-corrected chi connectivity index (χ1v) is 11.5. The molecule has 0 bridgehead atoms. The quantitative estimate of drug-likeness (QED) is 0.110. The average molecular weight is 430 g/mol. The molecule has 0 fully saturated rings. The van der Waals surface area contributed by atoms with Crippen molar-refractivity contribution in [1.29, 1.82) is 0 Å². The minimum atomic E-state index is -1.11. The smallest absolute Gasteiger partial charge is 0.273 e. The summed E-state index contributed by atoms with van der Waals surface area (Å²) in [4.78, 5) is 24.6. The van der Waals surface area contributed by atoms with Gasteiger partial charge in [0.2, 0.25) is 5.91 Å². The molecule has 7 nitrogen and oxygen atoms in total. The maximum Gasteiger partial charge on any atom is 0.273 e. The lowest BCUT2D eigenvalue weighted by Gasteiger charge is -2.23. The maximum atomic E-state index is 12.3. The summed E-state index contributed by atoms with van der Waals surface area (Å²) in [7, 11) is 0. The molecule has 1 unspecified atom stereocenters. The predicted octanol–water partition coefficient (Wildman–Crippen LogP) is 3.58. The van der Waals surface area contributed by atoms with Crippen molar-refractivity contribution in [3.05, 3.63) is 23.4 Å². The van der Waals surface area contributed by atoms with Gasteiger partial charge < -0.3 is 9.87 Å². The summed E-state index contributed by atoms with van der Waals surface area (Å²) in [6.45, 7) is 13.5. The SMILES string of the molecule is CC/C=C(\C=C(/CC)C(=O)N(O)C(C)C)NC(=O)CCCCN[S+]([O-])C(C)(C)C. The fourth-order valence-corrected chi connectivity index (χ4v) is 3.03. The molecule has 3 N–H and O–H groups in total. The lowest BCUT2D eigenvalue weighted by molar-refractivity contribution is -0.168. The molecule has 0 saturated carbocycles. The van der Waals surface area contributed by atoms with Crippen LogP contribution < -0.4 is 10.0 Å². The number of rotatable bonds is 12. The first kappa shape index (κ1) is 27.6. The van der Waals surface area contributed by atoms with Gasteiger partial charge in [-0.05, 0) is 66.4 Å². The van der Waals surface area contributed by atoms with E-state index in [-0.39, 0.29) is 16.7 Å². The van der Waals surface area contributed by atoms with Gasteiger partial charge in [0.25, 0.3) is 5.91 Å². The first-order chi connectivity index (χ1) is 13.4. The Bertz CT molecular complexity index is 583. The van der Waals surface area contributed by atoms with E-state index in [9.17, 15) is 19.3 Å². The minimum absolute atomic E-state index is 0.134. The van der Waals surface area contributed by atoms with Gasteiger partial charge in [0.15, 0.2) is 0 Å². The summed E-state index contributed by atoms with van der Waals surface area (Å²) in [6.07, 6.45) is 6.36. The fourth-order valence-electron chi connectivity index (χ4n) is 2.27. The molecule has 0 aliphatic rings. The molecule has 0 heterocycles. The van der Waals surface area contributed by atoms with E-state index in [0.717, 1.165) is 6.42 Å². The molecule has 0 spiro atoms. The van der Waals surface area contributed by atoms with Gasteiger partial charge in [-0.2, -0.15) is 0 Å². The van der Waals surface area contributed by atoms with E-state index in [0.29, 0.717) is 48.6 Å². The molecule has 0 rings (SSSR count). The first-order valence-electron chi connectivity index (χ1n) is 10.3. The van der Waals surface area contributed by atoms with Gasteiger partial charge in [0.1, 0.15) is 4.75 Å². The zero-order valence-electron chi connectivity index (χ0n) is 19.0. The number of nitrogens with one attached hydrogen (secondary N) is 2. The van der Waals surface area contributed by atoms with Gasteiger partial charge in [-0.1, -0.05) is 19.9 Å². The topological polar surface area (TPSA) is 105 Å². The van der Waals surface area contributed by atoms with Gasteiger partial charge in [-0.25, -0.2) is 5.06 Å². The Morgan fingerprint density at radius 1 is 1.21 bits per heavy atom. The fraction of sp³-hybridized carbons (Fsp3) is 0.714. The zero-order valence-corrected chi connectivity index (χ0v) is 19.8. The van der Waals surface area contributed by atoms with Gasteiger partial charge in [-0.3, -0.25) is 14.8 Å². The van der Waals surface area contributed by atoms with E-state index in [1.807, 2.05) is 40.7 Å². The molecule has 0 aromatic rings. The second-order valence-electron chi connectivity index (χ2n) is 8.12. The number of amides is 2. The number of hydroxylamine groups is 2. The highest BCUT2D eigenvalue weighted by molar-refractivity contribution is 7.90. The van der Waals surface area contributed by atoms with Crippen LogP contribution in [0.15, 0.2) is 23.4 Å². The van der Waals surface area contributed by atoms with Crippen LogP contribution in [-0.2, 0) is 21.0 Å². The Hall–Kier alpha value is -1.35. The van der Waals surface area contributed by atoms with E-state index >= 15 is 0 Å². The highest BCUT2D eigenvalue weighted by Gasteiger charge is 2.25. The molecular formula is C21H39N3O4S. The van der Waals surface area contributed by atoms with Crippen molar-refractivity contribution in [2.24, 2.45) is 0 Å². The second-order valence-corrected chi connectivity index (χ2v) is 10.2. The third-order valence-corrected chi connectivity index (χ3v) is 5.59. The van der Waals surface area contributed by atoms with E-state index in [2.05, 4.69) is 10.0 Å². The van der Waals surface area contributed by atoms with Crippen molar-refractivity contribution in [2.75, 3.05) is 6.54 Å². The molecule has 0 aromatic heterocycles. The summed E-state index contributed by atoms with van der Waals surface area (Å²) in [5.74, 6) is -0.595. The van der Waals surface area contributed by atoms with Crippen LogP contribution in [0, 0.1) is 0 Å². The number of allylic oxidation sites excluding steroid dienone is 2. The van der Waals surface area contributed by atoms with Crippen molar-refractivity contribution in [3.8, 4) is 0 Å². The largest absolute Gasteiger partial charge is 0.598 e. The van der Waals surface area contributed by atoms with Gasteiger partial charge in [0.05, 0.1) is 6.04 Å². The van der Waals surface area contributed by atoms with E-state index in [1.54, 1.807) is 19.9 Å². The Labute approximate surface area is 179 Å². The molecule has 8 heteroatoms. The molecule has 0 saturated heterocycles. The number of carbonyl (C=O) groups excluding carboxylic acids is 2. The molecule has 0 aromatic carbocycles. The van der Waals surface area contributed by atoms with Crippen LogP contribution in [-0.4, -0.2) is 44.0 Å². The number of carbonyl (C=O) groups is 2. The van der Waals surface area contributed by atoms with Crippen molar-refractivity contribution in [1.82, 2.24) is 15.1 Å². The molecule has 29 heavy (non-hydrogen) atoms. The van der Waals surface area contributed by atoms with Gasteiger partial charge in [0, 0.05) is 35.6 Å². The van der Waals surface area contributed by atoms with Crippen molar-refractivity contribution < 1.29 is 19.3 Å². The van der Waals surface area contributed by atoms with Crippen molar-refractivity contribution in [2.45, 2.75) is 91.4 Å². The Morgan fingerprint density at radius 3 is 2.31 bits per heavy atom. The van der Waals surface area contributed by atoms with Gasteiger partial charge >= 0.3 is 0 Å². The van der Waals surface area contributed by atoms with Crippen LogP contribution in [0.25, 0.3) is 0 Å². The van der Waals surface area contributed by atoms with Gasteiger partial charge in [-0.15, -0.1) is 4.72 Å². The Morgan fingerprint density at radius 2 is 1.83 bits per heavy atom. The van der Waals surface area contributed by atoms with Crippen molar-refractivity contribution in [3.63, 3.8) is 0 Å². The van der Waals surface area contributed by atoms with E-state index < -0.39 is 17.3 Å². The van der Waals surface area contributed by atoms with Crippen LogP contribution in [0.5, 0.6) is 0 Å². The highest BCUT2D eigenvalue weighted by Crippen LogP contribution is 2.13. The molecule has 0 aliphatic carbocycles. The Kier molecular flexibility index (Phi) is 13.2. The highest BCUT2D eigenvalue weighted by atomic mass is 32.2. The number of unbranched alkanes of at least 4 members (excludes halogenated alkanes) is 1. The number of nitrogens with zero attached hydrogens (tertiary/aromatic N) is 1. The molecule has 0 radical (unpaired) electrons. The summed E-state index contributed by atoms with van der Waals surface area (Å²) < 4.78 is 14.6. The van der Waals surface area contributed by atoms with Crippen LogP contribution in [0.1, 0.15) is 80.6 Å². The summed E-state index contributed by atoms with van der Waals surface area (Å²) in [6, 6.07) is -0.327. The summed E-state index contributed by atoms with van der Waals surface area (Å²) in [5.41, 5.74) is 0.988. The lowest BCUT2D eigenvalue weighted by atomic mass is 10.1. The van der Waals surface area contributed by atoms with E-state index in [1.165, 1.54) is 0 Å². The van der Waals surface area contributed by atoms with Crippen LogP contribution >= 0.6 is 0 Å². The minimum Gasteiger partial charge on any atom is -0.598 e. The third kappa shape index (κ3) is 11.4. The normalized spacial score (nSPS) is 14.1. The molecular weight excluding hydrogens is 390 g/mol. The standard InChI is InChI=1S/C21H39N3O4S/c1-8-12-18(15-17(9-2)20(26)24(27)16(3)4)23-19(25)13-10-11-14-22-29(28)21(5,6)7/h12,15-16,22,27H,8-11,13-14H2,1-7H3,(H,23,25)/b17-15+,18-12+. The summed E-state index contributed by atoms with van der Waals surface area (Å²) >= 11 is -1.11. The lowest BCUT2D eigenvalue weighted by Crippen LogP contribution is -2.39. The third-order valence-electron chi connectivity index (χ3n) is 4.01. The molecule has 2 amide bonds. The average Bonchev–Trinajstić information content (AvgIpc) is 2.63. The Balaban J connectivity index is 4.70. The molecule has 0 aliphatic heterocycles. The maximum absolute atomic E-state index is 12.3. The van der Waals surface area contributed by atoms with Crippen LogP contribution in [0.3, 0.4) is 0 Å². The predicted molar refractivity (Wildman–Crippen MR) is 118 cm³/mol.